The topological polar surface area (TPSA) is 61.4 Å². The Morgan fingerprint density at radius 3 is 2.67 bits per heavy atom. The molecule has 0 unspecified atom stereocenters. The highest BCUT2D eigenvalue weighted by Gasteiger charge is 2.29. The molecule has 24 heavy (non-hydrogen) atoms. The fourth-order valence-corrected chi connectivity index (χ4v) is 2.96. The molecule has 0 aliphatic carbocycles. The molecule has 0 fully saturated rings. The molecular weight excluding hydrogens is 302 g/mol. The number of carbonyl (C=O) groups is 2. The molecule has 5 heteroatoms. The van der Waals surface area contributed by atoms with Crippen molar-refractivity contribution in [1.82, 2.24) is 5.32 Å². The number of benzene rings is 2. The fraction of sp³-hybridized carbons (Fsp3) is 0.263. The number of amides is 2. The van der Waals surface area contributed by atoms with E-state index in [2.05, 4.69) is 10.6 Å². The summed E-state index contributed by atoms with van der Waals surface area (Å²) in [6.45, 7) is 2.76. The van der Waals surface area contributed by atoms with Crippen LogP contribution in [-0.2, 0) is 16.1 Å². The first-order valence-corrected chi connectivity index (χ1v) is 8.11. The molecule has 0 saturated heterocycles. The minimum Gasteiger partial charge on any atom is -0.324 e. The van der Waals surface area contributed by atoms with Gasteiger partial charge in [0.15, 0.2) is 0 Å². The van der Waals surface area contributed by atoms with E-state index in [1.54, 1.807) is 4.90 Å². The van der Waals surface area contributed by atoms with Gasteiger partial charge in [-0.1, -0.05) is 42.5 Å². The third-order valence-electron chi connectivity index (χ3n) is 4.08. The zero-order valence-electron chi connectivity index (χ0n) is 13.7. The second-order valence-electron chi connectivity index (χ2n) is 5.97. The molecule has 1 aliphatic heterocycles. The summed E-state index contributed by atoms with van der Waals surface area (Å²) >= 11 is 0. The number of rotatable bonds is 4. The van der Waals surface area contributed by atoms with Crippen molar-refractivity contribution in [2.45, 2.75) is 25.9 Å². The number of nitrogens with zero attached hydrogens (tertiary/aromatic N) is 1. The summed E-state index contributed by atoms with van der Waals surface area (Å²) in [7, 11) is 0. The van der Waals surface area contributed by atoms with E-state index in [0.717, 1.165) is 11.3 Å². The predicted octanol–water partition coefficient (Wildman–Crippen LogP) is 2.54. The van der Waals surface area contributed by atoms with Crippen LogP contribution >= 0.6 is 0 Å². The molecule has 0 radical (unpaired) electrons. The van der Waals surface area contributed by atoms with Gasteiger partial charge >= 0.3 is 0 Å². The van der Waals surface area contributed by atoms with Crippen molar-refractivity contribution in [2.24, 2.45) is 0 Å². The molecule has 0 saturated carbocycles. The van der Waals surface area contributed by atoms with Gasteiger partial charge in [0, 0.05) is 19.0 Å². The number of nitrogens with one attached hydrogen (secondary N) is 2. The molecule has 0 aromatic heterocycles. The first-order chi connectivity index (χ1) is 11.6. The van der Waals surface area contributed by atoms with E-state index in [-0.39, 0.29) is 24.4 Å². The summed E-state index contributed by atoms with van der Waals surface area (Å²) in [6, 6.07) is 17.2. The van der Waals surface area contributed by atoms with E-state index in [0.29, 0.717) is 18.7 Å². The molecule has 1 aliphatic rings. The average molecular weight is 323 g/mol. The maximum atomic E-state index is 12.7. The van der Waals surface area contributed by atoms with Crippen LogP contribution in [0.2, 0.25) is 0 Å². The number of hydrogen-bond donors (Lipinski definition) is 2. The Labute approximate surface area is 141 Å². The third-order valence-corrected chi connectivity index (χ3v) is 4.08. The van der Waals surface area contributed by atoms with Gasteiger partial charge in [0.05, 0.1) is 17.9 Å². The standard InChI is InChI=1S/C19H21N3O2/c1-14-11-18(23)21-16-9-5-6-10-17(16)22(14)19(24)13-20-12-15-7-3-2-4-8-15/h2-10,14,20H,11-13H2,1H3,(H,21,23)/t14-/m0/s1. The molecule has 0 bridgehead atoms. The second-order valence-corrected chi connectivity index (χ2v) is 5.97. The van der Waals surface area contributed by atoms with Crippen molar-refractivity contribution >= 4 is 23.2 Å². The molecule has 1 atom stereocenters. The van der Waals surface area contributed by atoms with Crippen molar-refractivity contribution in [3.8, 4) is 0 Å². The molecule has 5 nitrogen and oxygen atoms in total. The molecule has 2 aromatic rings. The minimum atomic E-state index is -0.181. The normalized spacial score (nSPS) is 17.0. The molecule has 2 N–H and O–H groups in total. The van der Waals surface area contributed by atoms with Crippen molar-refractivity contribution in [3.63, 3.8) is 0 Å². The molecule has 2 amide bonds. The Bertz CT molecular complexity index is 730. The Hall–Kier alpha value is -2.66. The molecular formula is C19H21N3O2. The number of fused-ring (bicyclic) bond motifs is 1. The van der Waals surface area contributed by atoms with Crippen LogP contribution in [-0.4, -0.2) is 24.4 Å². The quantitative estimate of drug-likeness (QED) is 0.909. The van der Waals surface area contributed by atoms with Gasteiger partial charge in [0.25, 0.3) is 0 Å². The number of anilines is 2. The molecule has 2 aromatic carbocycles. The van der Waals surface area contributed by atoms with Crippen LogP contribution < -0.4 is 15.5 Å². The molecule has 124 valence electrons. The van der Waals surface area contributed by atoms with E-state index in [1.807, 2.05) is 61.5 Å². The highest BCUT2D eigenvalue weighted by atomic mass is 16.2. The van der Waals surface area contributed by atoms with Crippen LogP contribution in [0.25, 0.3) is 0 Å². The van der Waals surface area contributed by atoms with Crippen LogP contribution in [0.4, 0.5) is 11.4 Å². The molecule has 0 spiro atoms. The lowest BCUT2D eigenvalue weighted by molar-refractivity contribution is -0.118. The van der Waals surface area contributed by atoms with Gasteiger partial charge in [-0.15, -0.1) is 0 Å². The Kier molecular flexibility index (Phi) is 4.91. The highest BCUT2D eigenvalue weighted by Crippen LogP contribution is 2.31. The summed E-state index contributed by atoms with van der Waals surface area (Å²) < 4.78 is 0. The Morgan fingerprint density at radius 2 is 1.88 bits per heavy atom. The number of para-hydroxylation sites is 2. The van der Waals surface area contributed by atoms with Crippen molar-refractivity contribution in [2.75, 3.05) is 16.8 Å². The predicted molar refractivity (Wildman–Crippen MR) is 94.8 cm³/mol. The lowest BCUT2D eigenvalue weighted by Gasteiger charge is -2.28. The Morgan fingerprint density at radius 1 is 1.17 bits per heavy atom. The summed E-state index contributed by atoms with van der Waals surface area (Å²) in [5, 5.41) is 6.05. The summed E-state index contributed by atoms with van der Waals surface area (Å²) in [5.74, 6) is -0.107. The Balaban J connectivity index is 1.72. The van der Waals surface area contributed by atoms with E-state index < -0.39 is 0 Å². The van der Waals surface area contributed by atoms with Gasteiger partial charge in [-0.2, -0.15) is 0 Å². The summed E-state index contributed by atoms with van der Waals surface area (Å²) in [5.41, 5.74) is 2.57. The maximum absolute atomic E-state index is 12.7. The van der Waals surface area contributed by atoms with Crippen LogP contribution in [0.15, 0.2) is 54.6 Å². The monoisotopic (exact) mass is 323 g/mol. The van der Waals surface area contributed by atoms with Gasteiger partial charge < -0.3 is 15.5 Å². The van der Waals surface area contributed by atoms with E-state index in [1.165, 1.54) is 0 Å². The second kappa shape index (κ2) is 7.27. The van der Waals surface area contributed by atoms with E-state index in [4.69, 9.17) is 0 Å². The van der Waals surface area contributed by atoms with Crippen molar-refractivity contribution < 1.29 is 9.59 Å². The number of hydrogen-bond acceptors (Lipinski definition) is 3. The minimum absolute atomic E-state index is 0.0395. The smallest absolute Gasteiger partial charge is 0.241 e. The molecule has 1 heterocycles. The summed E-state index contributed by atoms with van der Waals surface area (Å²) in [6.07, 6.45) is 0.291. The number of carbonyl (C=O) groups excluding carboxylic acids is 2. The third kappa shape index (κ3) is 3.63. The first-order valence-electron chi connectivity index (χ1n) is 8.11. The zero-order chi connectivity index (χ0) is 16.9. The van der Waals surface area contributed by atoms with Crippen LogP contribution in [0.3, 0.4) is 0 Å². The first kappa shape index (κ1) is 16.2. The van der Waals surface area contributed by atoms with Crippen molar-refractivity contribution in [3.05, 3.63) is 60.2 Å². The van der Waals surface area contributed by atoms with Gasteiger partial charge in [-0.25, -0.2) is 0 Å². The molecule has 3 rings (SSSR count). The zero-order valence-corrected chi connectivity index (χ0v) is 13.7. The summed E-state index contributed by atoms with van der Waals surface area (Å²) in [4.78, 5) is 26.4. The van der Waals surface area contributed by atoms with Gasteiger partial charge in [-0.05, 0) is 24.6 Å². The largest absolute Gasteiger partial charge is 0.324 e. The van der Waals surface area contributed by atoms with E-state index >= 15 is 0 Å². The van der Waals surface area contributed by atoms with E-state index in [9.17, 15) is 9.59 Å². The SMILES string of the molecule is C[C@H]1CC(=O)Nc2ccccc2N1C(=O)CNCc1ccccc1. The van der Waals surface area contributed by atoms with Crippen LogP contribution in [0, 0.1) is 0 Å². The fourth-order valence-electron chi connectivity index (χ4n) is 2.96. The lowest BCUT2D eigenvalue weighted by atomic mass is 10.1. The maximum Gasteiger partial charge on any atom is 0.241 e. The van der Waals surface area contributed by atoms with Gasteiger partial charge in [0.1, 0.15) is 0 Å². The van der Waals surface area contributed by atoms with Gasteiger partial charge in [-0.3, -0.25) is 9.59 Å². The van der Waals surface area contributed by atoms with Crippen LogP contribution in [0.1, 0.15) is 18.9 Å². The lowest BCUT2D eigenvalue weighted by Crippen LogP contribution is -2.43. The van der Waals surface area contributed by atoms with Crippen LogP contribution in [0.5, 0.6) is 0 Å². The van der Waals surface area contributed by atoms with Crippen molar-refractivity contribution in [1.29, 1.82) is 0 Å². The van der Waals surface area contributed by atoms with Gasteiger partial charge in [0.2, 0.25) is 11.8 Å². The highest BCUT2D eigenvalue weighted by molar-refractivity contribution is 6.04. The average Bonchev–Trinajstić information content (AvgIpc) is 2.70.